The summed E-state index contributed by atoms with van der Waals surface area (Å²) in [6, 6.07) is 0. The molecule has 14 heavy (non-hydrogen) atoms. The van der Waals surface area contributed by atoms with E-state index >= 15 is 0 Å². The maximum absolute atomic E-state index is 11.5. The van der Waals surface area contributed by atoms with E-state index in [1.807, 2.05) is 6.92 Å². The van der Waals surface area contributed by atoms with E-state index in [9.17, 15) is 4.79 Å². The van der Waals surface area contributed by atoms with Crippen LogP contribution in [-0.4, -0.2) is 50.4 Å². The lowest BCUT2D eigenvalue weighted by Gasteiger charge is -2.15. The Morgan fingerprint density at radius 2 is 2.21 bits per heavy atom. The van der Waals surface area contributed by atoms with Gasteiger partial charge >= 0.3 is 0 Å². The highest BCUT2D eigenvalue weighted by atomic mass is 32.2. The number of hydrogen-bond donors (Lipinski definition) is 0. The molecule has 1 heterocycles. The largest absolute Gasteiger partial charge is 0.348 e. The number of rotatable bonds is 3. The molecule has 0 aliphatic carbocycles. The van der Waals surface area contributed by atoms with Crippen molar-refractivity contribution in [2.45, 2.75) is 17.3 Å². The van der Waals surface area contributed by atoms with E-state index in [1.165, 1.54) is 11.8 Å². The highest BCUT2D eigenvalue weighted by Gasteiger charge is 2.18. The van der Waals surface area contributed by atoms with E-state index in [0.29, 0.717) is 5.16 Å². The van der Waals surface area contributed by atoms with E-state index in [2.05, 4.69) is 15.5 Å². The van der Waals surface area contributed by atoms with Crippen LogP contribution in [-0.2, 0) is 11.8 Å². The SMILES string of the molecule is CC(Sc1nnnn1C)C(=O)N(C)C. The Balaban J connectivity index is 2.62. The third kappa shape index (κ3) is 2.44. The summed E-state index contributed by atoms with van der Waals surface area (Å²) in [5.41, 5.74) is 0. The Morgan fingerprint density at radius 3 is 2.64 bits per heavy atom. The predicted molar refractivity (Wildman–Crippen MR) is 52.8 cm³/mol. The molecule has 1 aromatic rings. The molecule has 1 unspecified atom stereocenters. The molecule has 7 heteroatoms. The van der Waals surface area contributed by atoms with Crippen molar-refractivity contribution in [1.29, 1.82) is 0 Å². The Bertz CT molecular complexity index is 324. The standard InChI is InChI=1S/C7H13N5OS/c1-5(6(13)11(2)3)14-7-8-9-10-12(7)4/h5H,1-4H3. The summed E-state index contributed by atoms with van der Waals surface area (Å²) >= 11 is 1.35. The van der Waals surface area contributed by atoms with Gasteiger partial charge in [-0.1, -0.05) is 11.8 Å². The quantitative estimate of drug-likeness (QED) is 0.652. The predicted octanol–water partition coefficient (Wildman–Crippen LogP) is -0.221. The Kier molecular flexibility index (Phi) is 3.45. The average Bonchev–Trinajstić information content (AvgIpc) is 2.50. The lowest BCUT2D eigenvalue weighted by atomic mass is 10.4. The summed E-state index contributed by atoms with van der Waals surface area (Å²) in [5, 5.41) is 11.4. The van der Waals surface area contributed by atoms with Gasteiger partial charge in [0.25, 0.3) is 0 Å². The van der Waals surface area contributed by atoms with Crippen LogP contribution in [0.2, 0.25) is 0 Å². The normalized spacial score (nSPS) is 12.6. The molecule has 1 aromatic heterocycles. The van der Waals surface area contributed by atoms with Crippen molar-refractivity contribution in [3.05, 3.63) is 0 Å². The second-order valence-corrected chi connectivity index (χ2v) is 4.39. The number of nitrogens with zero attached hydrogens (tertiary/aromatic N) is 5. The van der Waals surface area contributed by atoms with Crippen LogP contribution >= 0.6 is 11.8 Å². The molecule has 0 saturated carbocycles. The molecule has 1 amide bonds. The second-order valence-electron chi connectivity index (χ2n) is 3.08. The van der Waals surface area contributed by atoms with E-state index in [4.69, 9.17) is 0 Å². The summed E-state index contributed by atoms with van der Waals surface area (Å²) in [6.07, 6.45) is 0. The molecular formula is C7H13N5OS. The van der Waals surface area contributed by atoms with Crippen LogP contribution in [0.25, 0.3) is 0 Å². The molecule has 1 rings (SSSR count). The number of hydrogen-bond acceptors (Lipinski definition) is 5. The van der Waals surface area contributed by atoms with Crippen LogP contribution in [0.4, 0.5) is 0 Å². The van der Waals surface area contributed by atoms with Crippen LogP contribution in [0.5, 0.6) is 0 Å². The number of carbonyl (C=O) groups is 1. The fourth-order valence-corrected chi connectivity index (χ4v) is 1.79. The molecule has 6 nitrogen and oxygen atoms in total. The van der Waals surface area contributed by atoms with Crippen molar-refractivity contribution < 1.29 is 4.79 Å². The van der Waals surface area contributed by atoms with E-state index in [1.54, 1.807) is 30.7 Å². The van der Waals surface area contributed by atoms with E-state index < -0.39 is 0 Å². The fourth-order valence-electron chi connectivity index (χ4n) is 0.893. The number of aromatic nitrogens is 4. The first kappa shape index (κ1) is 11.0. The van der Waals surface area contributed by atoms with Crippen LogP contribution < -0.4 is 0 Å². The van der Waals surface area contributed by atoms with Gasteiger partial charge in [-0.2, -0.15) is 0 Å². The highest BCUT2D eigenvalue weighted by Crippen LogP contribution is 2.20. The first-order chi connectivity index (χ1) is 6.52. The molecule has 1 atom stereocenters. The van der Waals surface area contributed by atoms with Crippen molar-refractivity contribution in [1.82, 2.24) is 25.1 Å². The monoisotopic (exact) mass is 215 g/mol. The second kappa shape index (κ2) is 4.41. The maximum Gasteiger partial charge on any atom is 0.235 e. The van der Waals surface area contributed by atoms with Crippen molar-refractivity contribution in [2.24, 2.45) is 7.05 Å². The molecule has 78 valence electrons. The van der Waals surface area contributed by atoms with Crippen LogP contribution in [0.15, 0.2) is 5.16 Å². The maximum atomic E-state index is 11.5. The fraction of sp³-hybridized carbons (Fsp3) is 0.714. The topological polar surface area (TPSA) is 63.9 Å². The van der Waals surface area contributed by atoms with Crippen LogP contribution in [0.3, 0.4) is 0 Å². The lowest BCUT2D eigenvalue weighted by molar-refractivity contribution is -0.127. The van der Waals surface area contributed by atoms with Gasteiger partial charge in [0.1, 0.15) is 0 Å². The zero-order valence-electron chi connectivity index (χ0n) is 8.63. The molecule has 0 aliphatic heterocycles. The zero-order chi connectivity index (χ0) is 10.7. The molecule has 0 bridgehead atoms. The molecule has 0 radical (unpaired) electrons. The molecule has 0 aromatic carbocycles. The van der Waals surface area contributed by atoms with Gasteiger partial charge in [-0.15, -0.1) is 5.10 Å². The smallest absolute Gasteiger partial charge is 0.235 e. The van der Waals surface area contributed by atoms with E-state index in [-0.39, 0.29) is 11.2 Å². The van der Waals surface area contributed by atoms with Crippen LogP contribution in [0.1, 0.15) is 6.92 Å². The molecule has 0 aliphatic rings. The molecular weight excluding hydrogens is 202 g/mol. The Morgan fingerprint density at radius 1 is 1.57 bits per heavy atom. The highest BCUT2D eigenvalue weighted by molar-refractivity contribution is 8.00. The third-order valence-electron chi connectivity index (χ3n) is 1.65. The minimum Gasteiger partial charge on any atom is -0.348 e. The average molecular weight is 215 g/mol. The number of thioether (sulfide) groups is 1. The number of aryl methyl sites for hydroxylation is 1. The lowest BCUT2D eigenvalue weighted by Crippen LogP contribution is -2.29. The summed E-state index contributed by atoms with van der Waals surface area (Å²) < 4.78 is 1.55. The van der Waals surface area contributed by atoms with Gasteiger partial charge < -0.3 is 4.90 Å². The van der Waals surface area contributed by atoms with Crippen molar-refractivity contribution in [2.75, 3.05) is 14.1 Å². The van der Waals surface area contributed by atoms with Crippen LogP contribution in [0, 0.1) is 0 Å². The molecule has 0 fully saturated rings. The van der Waals surface area contributed by atoms with Crippen molar-refractivity contribution in [3.8, 4) is 0 Å². The van der Waals surface area contributed by atoms with Gasteiger partial charge in [-0.3, -0.25) is 4.79 Å². The summed E-state index contributed by atoms with van der Waals surface area (Å²) in [5.74, 6) is 0.0537. The summed E-state index contributed by atoms with van der Waals surface area (Å²) in [6.45, 7) is 1.84. The summed E-state index contributed by atoms with van der Waals surface area (Å²) in [7, 11) is 5.21. The number of tetrazole rings is 1. The van der Waals surface area contributed by atoms with Crippen molar-refractivity contribution >= 4 is 17.7 Å². The summed E-state index contributed by atoms with van der Waals surface area (Å²) in [4.78, 5) is 13.1. The van der Waals surface area contributed by atoms with Gasteiger partial charge in [-0.05, 0) is 17.4 Å². The third-order valence-corrected chi connectivity index (χ3v) is 2.76. The van der Waals surface area contributed by atoms with Crippen molar-refractivity contribution in [3.63, 3.8) is 0 Å². The number of carbonyl (C=O) groups excluding carboxylic acids is 1. The minimum absolute atomic E-state index is 0.0537. The van der Waals surface area contributed by atoms with E-state index in [0.717, 1.165) is 0 Å². The van der Waals surface area contributed by atoms with Gasteiger partial charge in [0.05, 0.1) is 5.25 Å². The van der Waals surface area contributed by atoms with Gasteiger partial charge in [0.2, 0.25) is 11.1 Å². The van der Waals surface area contributed by atoms with Gasteiger partial charge in [0, 0.05) is 21.1 Å². The first-order valence-electron chi connectivity index (χ1n) is 4.12. The molecule has 0 saturated heterocycles. The molecule has 0 N–H and O–H groups in total. The van der Waals surface area contributed by atoms with Gasteiger partial charge in [-0.25, -0.2) is 4.68 Å². The number of amides is 1. The van der Waals surface area contributed by atoms with Gasteiger partial charge in [0.15, 0.2) is 0 Å². The first-order valence-corrected chi connectivity index (χ1v) is 5.00. The Labute approximate surface area is 86.6 Å². The zero-order valence-corrected chi connectivity index (χ0v) is 9.45. The Hall–Kier alpha value is -1.11. The minimum atomic E-state index is -0.172. The molecule has 0 spiro atoms.